The summed E-state index contributed by atoms with van der Waals surface area (Å²) in [6.07, 6.45) is 2.74. The van der Waals surface area contributed by atoms with E-state index in [9.17, 15) is 8.42 Å². The van der Waals surface area contributed by atoms with Crippen molar-refractivity contribution in [3.63, 3.8) is 0 Å². The van der Waals surface area contributed by atoms with Gasteiger partial charge in [-0.05, 0) is 44.4 Å². The van der Waals surface area contributed by atoms with Crippen LogP contribution in [0.4, 0.5) is 0 Å². The van der Waals surface area contributed by atoms with Crippen molar-refractivity contribution in [1.82, 2.24) is 4.31 Å². The monoisotopic (exact) mass is 350 g/mol. The highest BCUT2D eigenvalue weighted by molar-refractivity contribution is 7.89. The van der Waals surface area contributed by atoms with Crippen LogP contribution in [0, 0.1) is 0 Å². The largest absolute Gasteiger partial charge is 0.326 e. The van der Waals surface area contributed by atoms with E-state index in [-0.39, 0.29) is 28.5 Å². The Balaban J connectivity index is 2.56. The van der Waals surface area contributed by atoms with Gasteiger partial charge in [0, 0.05) is 23.7 Å². The summed E-state index contributed by atoms with van der Waals surface area (Å²) in [5.41, 5.74) is 6.15. The lowest BCUT2D eigenvalue weighted by Gasteiger charge is -2.38. The summed E-state index contributed by atoms with van der Waals surface area (Å²) in [5, 5.41) is 0.502. The average Bonchev–Trinajstić information content (AvgIpc) is 2.40. The Hall–Kier alpha value is -0.330. The zero-order valence-corrected chi connectivity index (χ0v) is 14.5. The second-order valence-corrected chi connectivity index (χ2v) is 8.17. The van der Waals surface area contributed by atoms with Gasteiger partial charge < -0.3 is 5.73 Å². The van der Waals surface area contributed by atoms with Crippen molar-refractivity contribution in [2.75, 3.05) is 0 Å². The minimum Gasteiger partial charge on any atom is -0.326 e. The number of hydrogen-bond donors (Lipinski definition) is 1. The van der Waals surface area contributed by atoms with Gasteiger partial charge in [0.25, 0.3) is 0 Å². The Labute approximate surface area is 136 Å². The Kier molecular flexibility index (Phi) is 5.21. The highest BCUT2D eigenvalue weighted by atomic mass is 35.5. The van der Waals surface area contributed by atoms with Gasteiger partial charge in [0.1, 0.15) is 4.90 Å². The second-order valence-electron chi connectivity index (χ2n) is 5.55. The molecule has 21 heavy (non-hydrogen) atoms. The highest BCUT2D eigenvalue weighted by Gasteiger charge is 2.37. The van der Waals surface area contributed by atoms with E-state index >= 15 is 0 Å². The van der Waals surface area contributed by atoms with Gasteiger partial charge in [-0.3, -0.25) is 0 Å². The SMILES string of the molecule is CC1CCCC(C)N1S(=O)(=O)c1cc(Cl)cc(CN)c1Cl. The van der Waals surface area contributed by atoms with Crippen LogP contribution in [0.15, 0.2) is 17.0 Å². The van der Waals surface area contributed by atoms with E-state index in [1.165, 1.54) is 6.07 Å². The molecule has 2 unspecified atom stereocenters. The predicted octanol–water partition coefficient (Wildman–Crippen LogP) is 3.40. The fraction of sp³-hybridized carbons (Fsp3) is 0.571. The van der Waals surface area contributed by atoms with Crippen LogP contribution in [0.5, 0.6) is 0 Å². The van der Waals surface area contributed by atoms with E-state index in [0.29, 0.717) is 10.6 Å². The summed E-state index contributed by atoms with van der Waals surface area (Å²) < 4.78 is 27.5. The van der Waals surface area contributed by atoms with Crippen LogP contribution in [-0.2, 0) is 16.6 Å². The molecule has 1 saturated heterocycles. The van der Waals surface area contributed by atoms with Crippen LogP contribution in [-0.4, -0.2) is 24.8 Å². The van der Waals surface area contributed by atoms with Crippen molar-refractivity contribution in [2.24, 2.45) is 5.73 Å². The lowest BCUT2D eigenvalue weighted by atomic mass is 10.0. The topological polar surface area (TPSA) is 63.4 Å². The molecule has 0 spiro atoms. The number of rotatable bonds is 3. The highest BCUT2D eigenvalue weighted by Crippen LogP contribution is 2.35. The molecule has 7 heteroatoms. The smallest absolute Gasteiger partial charge is 0.245 e. The van der Waals surface area contributed by atoms with Gasteiger partial charge in [0.05, 0.1) is 5.02 Å². The minimum atomic E-state index is -3.68. The molecule has 1 fully saturated rings. The number of nitrogens with zero attached hydrogens (tertiary/aromatic N) is 1. The lowest BCUT2D eigenvalue weighted by molar-refractivity contribution is 0.204. The number of nitrogens with two attached hydrogens (primary N) is 1. The zero-order valence-electron chi connectivity index (χ0n) is 12.1. The fourth-order valence-corrected chi connectivity index (χ4v) is 5.74. The van der Waals surface area contributed by atoms with E-state index in [2.05, 4.69) is 0 Å². The minimum absolute atomic E-state index is 0.0462. The van der Waals surface area contributed by atoms with Crippen molar-refractivity contribution in [2.45, 2.75) is 56.6 Å². The van der Waals surface area contributed by atoms with E-state index in [4.69, 9.17) is 28.9 Å². The van der Waals surface area contributed by atoms with Gasteiger partial charge in [-0.1, -0.05) is 29.6 Å². The van der Waals surface area contributed by atoms with Crippen LogP contribution in [0.2, 0.25) is 10.0 Å². The molecule has 1 aliphatic heterocycles. The third kappa shape index (κ3) is 3.22. The summed E-state index contributed by atoms with van der Waals surface area (Å²) in [5.74, 6) is 0. The number of halogens is 2. The molecule has 0 amide bonds. The predicted molar refractivity (Wildman–Crippen MR) is 86.2 cm³/mol. The normalized spacial score (nSPS) is 24.2. The molecule has 1 aromatic rings. The number of piperidine rings is 1. The van der Waals surface area contributed by atoms with Crippen molar-refractivity contribution >= 4 is 33.2 Å². The first-order chi connectivity index (χ1) is 9.78. The summed E-state index contributed by atoms with van der Waals surface area (Å²) in [7, 11) is -3.68. The average molecular weight is 351 g/mol. The first kappa shape index (κ1) is 17.0. The molecular formula is C14H20Cl2N2O2S. The molecule has 118 valence electrons. The Morgan fingerprint density at radius 2 is 1.81 bits per heavy atom. The molecule has 0 radical (unpaired) electrons. The maximum absolute atomic E-state index is 13.0. The molecule has 0 aliphatic carbocycles. The number of sulfonamides is 1. The molecular weight excluding hydrogens is 331 g/mol. The molecule has 2 atom stereocenters. The van der Waals surface area contributed by atoms with Crippen LogP contribution in [0.1, 0.15) is 38.7 Å². The summed E-state index contributed by atoms with van der Waals surface area (Å²) >= 11 is 12.3. The van der Waals surface area contributed by atoms with Crippen molar-refractivity contribution in [3.05, 3.63) is 27.7 Å². The van der Waals surface area contributed by atoms with E-state index in [1.807, 2.05) is 13.8 Å². The first-order valence-electron chi connectivity index (χ1n) is 7.00. The third-order valence-electron chi connectivity index (χ3n) is 3.97. The van der Waals surface area contributed by atoms with Crippen LogP contribution in [0.25, 0.3) is 0 Å². The van der Waals surface area contributed by atoms with Gasteiger partial charge >= 0.3 is 0 Å². The molecule has 2 N–H and O–H groups in total. The second kappa shape index (κ2) is 6.42. The Morgan fingerprint density at radius 3 is 2.33 bits per heavy atom. The molecule has 1 heterocycles. The summed E-state index contributed by atoms with van der Waals surface area (Å²) in [4.78, 5) is 0.0534. The van der Waals surface area contributed by atoms with Gasteiger partial charge in [-0.2, -0.15) is 4.31 Å². The van der Waals surface area contributed by atoms with Crippen LogP contribution in [0.3, 0.4) is 0 Å². The fourth-order valence-electron chi connectivity index (χ4n) is 2.94. The van der Waals surface area contributed by atoms with Crippen molar-refractivity contribution < 1.29 is 8.42 Å². The van der Waals surface area contributed by atoms with E-state index in [0.717, 1.165) is 19.3 Å². The molecule has 0 aromatic heterocycles. The van der Waals surface area contributed by atoms with E-state index < -0.39 is 10.0 Å². The molecule has 0 bridgehead atoms. The lowest BCUT2D eigenvalue weighted by Crippen LogP contribution is -2.47. The Bertz CT molecular complexity index is 624. The van der Waals surface area contributed by atoms with Gasteiger partial charge in [0.15, 0.2) is 0 Å². The van der Waals surface area contributed by atoms with Gasteiger partial charge in [-0.15, -0.1) is 0 Å². The van der Waals surface area contributed by atoms with Gasteiger partial charge in [0.2, 0.25) is 10.0 Å². The van der Waals surface area contributed by atoms with Crippen LogP contribution >= 0.6 is 23.2 Å². The van der Waals surface area contributed by atoms with Crippen molar-refractivity contribution in [1.29, 1.82) is 0 Å². The molecule has 2 rings (SSSR count). The maximum atomic E-state index is 13.0. The number of benzene rings is 1. The van der Waals surface area contributed by atoms with Gasteiger partial charge in [-0.25, -0.2) is 8.42 Å². The quantitative estimate of drug-likeness (QED) is 0.908. The summed E-state index contributed by atoms with van der Waals surface area (Å²) in [6.45, 7) is 4.00. The molecule has 4 nitrogen and oxygen atoms in total. The zero-order chi connectivity index (χ0) is 15.8. The molecule has 1 aromatic carbocycles. The summed E-state index contributed by atoms with van der Waals surface area (Å²) in [6, 6.07) is 2.92. The van der Waals surface area contributed by atoms with Crippen molar-refractivity contribution in [3.8, 4) is 0 Å². The number of hydrogen-bond acceptors (Lipinski definition) is 3. The maximum Gasteiger partial charge on any atom is 0.245 e. The van der Waals surface area contributed by atoms with E-state index in [1.54, 1.807) is 10.4 Å². The Morgan fingerprint density at radius 1 is 1.24 bits per heavy atom. The first-order valence-corrected chi connectivity index (χ1v) is 9.20. The molecule has 0 saturated carbocycles. The molecule has 1 aliphatic rings. The standard InChI is InChI=1S/C14H20Cl2N2O2S/c1-9-4-3-5-10(2)18(9)21(19,20)13-7-12(15)6-11(8-17)14(13)16/h6-7,9-10H,3-5,8,17H2,1-2H3. The third-order valence-corrected chi connectivity index (χ3v) is 6.90. The van der Waals surface area contributed by atoms with Crippen LogP contribution < -0.4 is 5.73 Å².